The van der Waals surface area contributed by atoms with Crippen molar-refractivity contribution in [3.05, 3.63) is 29.8 Å². The Kier molecular flexibility index (Phi) is 4.74. The second-order valence-electron chi connectivity index (χ2n) is 5.14. The number of methoxy groups -OCH3 is 1. The van der Waals surface area contributed by atoms with Crippen molar-refractivity contribution in [1.29, 1.82) is 0 Å². The highest BCUT2D eigenvalue weighted by atomic mass is 16.5. The number of esters is 1. The first-order chi connectivity index (χ1) is 9.60. The summed E-state index contributed by atoms with van der Waals surface area (Å²) in [6.07, 6.45) is 1.68. The largest absolute Gasteiger partial charge is 0.465 e. The van der Waals surface area contributed by atoms with Crippen LogP contribution in [0, 0.1) is 5.92 Å². The van der Waals surface area contributed by atoms with E-state index in [2.05, 4.69) is 22.3 Å². The van der Waals surface area contributed by atoms with Gasteiger partial charge in [0.2, 0.25) is 5.91 Å². The summed E-state index contributed by atoms with van der Waals surface area (Å²) in [5, 5.41) is 6.20. The summed E-state index contributed by atoms with van der Waals surface area (Å²) < 4.78 is 4.67. The molecule has 1 amide bonds. The number of carbonyl (C=O) groups excluding carboxylic acids is 2. The number of nitrogens with one attached hydrogen (secondary N) is 2. The van der Waals surface area contributed by atoms with Crippen LogP contribution in [0.25, 0.3) is 0 Å². The van der Waals surface area contributed by atoms with Gasteiger partial charge >= 0.3 is 5.97 Å². The number of hydrogen-bond donors (Lipinski definition) is 2. The zero-order valence-corrected chi connectivity index (χ0v) is 11.8. The number of piperidine rings is 1. The fourth-order valence-electron chi connectivity index (χ4n) is 2.46. The highest BCUT2D eigenvalue weighted by Crippen LogP contribution is 2.19. The number of benzene rings is 1. The Hall–Kier alpha value is -1.88. The molecule has 5 nitrogen and oxygen atoms in total. The van der Waals surface area contributed by atoms with E-state index in [1.165, 1.54) is 7.11 Å². The molecular formula is C15H20N2O3. The molecule has 2 atom stereocenters. The van der Waals surface area contributed by atoms with E-state index in [4.69, 9.17) is 0 Å². The molecule has 0 radical (unpaired) electrons. The Morgan fingerprint density at radius 2 is 2.20 bits per heavy atom. The summed E-state index contributed by atoms with van der Waals surface area (Å²) in [6, 6.07) is 7.16. The van der Waals surface area contributed by atoms with E-state index in [0.29, 0.717) is 17.3 Å². The van der Waals surface area contributed by atoms with Gasteiger partial charge in [-0.1, -0.05) is 6.07 Å². The van der Waals surface area contributed by atoms with Crippen LogP contribution in [0.15, 0.2) is 24.3 Å². The molecule has 2 unspecified atom stereocenters. The predicted molar refractivity (Wildman–Crippen MR) is 76.6 cm³/mol. The van der Waals surface area contributed by atoms with Gasteiger partial charge in [-0.2, -0.15) is 0 Å². The molecule has 2 rings (SSSR count). The monoisotopic (exact) mass is 276 g/mol. The third kappa shape index (κ3) is 3.57. The molecule has 1 saturated heterocycles. The lowest BCUT2D eigenvalue weighted by atomic mass is 9.92. The summed E-state index contributed by atoms with van der Waals surface area (Å²) in [5.41, 5.74) is 1.06. The zero-order chi connectivity index (χ0) is 14.5. The molecule has 0 bridgehead atoms. The van der Waals surface area contributed by atoms with E-state index in [9.17, 15) is 9.59 Å². The molecule has 1 aromatic rings. The zero-order valence-electron chi connectivity index (χ0n) is 11.8. The lowest BCUT2D eigenvalue weighted by molar-refractivity contribution is -0.120. The fraction of sp³-hybridized carbons (Fsp3) is 0.467. The maximum absolute atomic E-state index is 12.2. The molecule has 1 aliphatic rings. The minimum absolute atomic E-state index is 0.0142. The van der Waals surface area contributed by atoms with Crippen LogP contribution >= 0.6 is 0 Å². The second-order valence-corrected chi connectivity index (χ2v) is 5.14. The maximum Gasteiger partial charge on any atom is 0.337 e. The van der Waals surface area contributed by atoms with E-state index >= 15 is 0 Å². The molecule has 1 aromatic carbocycles. The first-order valence-electron chi connectivity index (χ1n) is 6.82. The van der Waals surface area contributed by atoms with Crippen LogP contribution in [0.5, 0.6) is 0 Å². The normalized spacial score (nSPS) is 22.1. The van der Waals surface area contributed by atoms with Crippen LogP contribution in [-0.2, 0) is 9.53 Å². The van der Waals surface area contributed by atoms with Gasteiger partial charge < -0.3 is 15.4 Å². The van der Waals surface area contributed by atoms with Crippen molar-refractivity contribution in [2.24, 2.45) is 5.92 Å². The number of ether oxygens (including phenoxy) is 1. The van der Waals surface area contributed by atoms with Crippen molar-refractivity contribution in [2.75, 3.05) is 19.0 Å². The quantitative estimate of drug-likeness (QED) is 0.826. The Balaban J connectivity index is 2.02. The Labute approximate surface area is 118 Å². The van der Waals surface area contributed by atoms with Gasteiger partial charge in [-0.15, -0.1) is 0 Å². The Morgan fingerprint density at radius 1 is 1.40 bits per heavy atom. The molecule has 1 heterocycles. The topological polar surface area (TPSA) is 67.4 Å². The van der Waals surface area contributed by atoms with Crippen LogP contribution in [0.2, 0.25) is 0 Å². The second kappa shape index (κ2) is 6.52. The van der Waals surface area contributed by atoms with Crippen molar-refractivity contribution in [3.8, 4) is 0 Å². The number of amides is 1. The SMILES string of the molecule is COC(=O)c1cccc(NC(=O)C2CCNC(C)C2)c1. The van der Waals surface area contributed by atoms with E-state index in [0.717, 1.165) is 19.4 Å². The van der Waals surface area contributed by atoms with Crippen molar-refractivity contribution < 1.29 is 14.3 Å². The summed E-state index contributed by atoms with van der Waals surface area (Å²) in [5.74, 6) is -0.370. The van der Waals surface area contributed by atoms with Gasteiger partial charge in [0.15, 0.2) is 0 Å². The number of anilines is 1. The van der Waals surface area contributed by atoms with Gasteiger partial charge in [0.25, 0.3) is 0 Å². The van der Waals surface area contributed by atoms with Gasteiger partial charge in [0.05, 0.1) is 12.7 Å². The lowest BCUT2D eigenvalue weighted by Crippen LogP contribution is -2.40. The third-order valence-corrected chi connectivity index (χ3v) is 3.55. The molecule has 1 fully saturated rings. The first kappa shape index (κ1) is 14.5. The number of hydrogen-bond acceptors (Lipinski definition) is 4. The molecule has 0 aromatic heterocycles. The van der Waals surface area contributed by atoms with Gasteiger partial charge in [-0.05, 0) is 44.5 Å². The molecule has 0 spiro atoms. The summed E-state index contributed by atoms with van der Waals surface area (Å²) in [4.78, 5) is 23.7. The molecular weight excluding hydrogens is 256 g/mol. The van der Waals surface area contributed by atoms with Gasteiger partial charge in [0, 0.05) is 17.6 Å². The summed E-state index contributed by atoms with van der Waals surface area (Å²) in [7, 11) is 1.34. The predicted octanol–water partition coefficient (Wildman–Crippen LogP) is 1.80. The molecule has 0 aliphatic carbocycles. The molecule has 108 valence electrons. The maximum atomic E-state index is 12.2. The highest BCUT2D eigenvalue weighted by Gasteiger charge is 2.24. The van der Waals surface area contributed by atoms with Crippen molar-refractivity contribution in [3.63, 3.8) is 0 Å². The van der Waals surface area contributed by atoms with Crippen LogP contribution in [0.1, 0.15) is 30.1 Å². The van der Waals surface area contributed by atoms with Crippen molar-refractivity contribution in [2.45, 2.75) is 25.8 Å². The molecule has 20 heavy (non-hydrogen) atoms. The van der Waals surface area contributed by atoms with E-state index in [1.54, 1.807) is 24.3 Å². The van der Waals surface area contributed by atoms with Gasteiger partial charge in [-0.3, -0.25) is 4.79 Å². The average molecular weight is 276 g/mol. The third-order valence-electron chi connectivity index (χ3n) is 3.55. The number of carbonyl (C=O) groups is 2. The van der Waals surface area contributed by atoms with Crippen molar-refractivity contribution >= 4 is 17.6 Å². The van der Waals surface area contributed by atoms with Gasteiger partial charge in [0.1, 0.15) is 0 Å². The molecule has 1 aliphatic heterocycles. The fourth-order valence-corrected chi connectivity index (χ4v) is 2.46. The molecule has 0 saturated carbocycles. The smallest absolute Gasteiger partial charge is 0.337 e. The number of rotatable bonds is 3. The summed E-state index contributed by atoms with van der Waals surface area (Å²) >= 11 is 0. The lowest BCUT2D eigenvalue weighted by Gasteiger charge is -2.27. The van der Waals surface area contributed by atoms with E-state index in [1.807, 2.05) is 0 Å². The van der Waals surface area contributed by atoms with Crippen LogP contribution < -0.4 is 10.6 Å². The van der Waals surface area contributed by atoms with Crippen LogP contribution in [-0.4, -0.2) is 31.6 Å². The van der Waals surface area contributed by atoms with E-state index in [-0.39, 0.29) is 11.8 Å². The average Bonchev–Trinajstić information content (AvgIpc) is 2.46. The minimum atomic E-state index is -0.406. The minimum Gasteiger partial charge on any atom is -0.465 e. The summed E-state index contributed by atoms with van der Waals surface area (Å²) in [6.45, 7) is 2.94. The standard InChI is InChI=1S/C15H20N2O3/c1-10-8-11(6-7-16-10)14(18)17-13-5-3-4-12(9-13)15(19)20-2/h3-5,9-11,16H,6-8H2,1-2H3,(H,17,18). The Bertz CT molecular complexity index is 502. The van der Waals surface area contributed by atoms with Crippen LogP contribution in [0.3, 0.4) is 0 Å². The highest BCUT2D eigenvalue weighted by molar-refractivity contribution is 5.95. The van der Waals surface area contributed by atoms with Crippen molar-refractivity contribution in [1.82, 2.24) is 5.32 Å². The first-order valence-corrected chi connectivity index (χ1v) is 6.82. The molecule has 2 N–H and O–H groups in total. The van der Waals surface area contributed by atoms with Crippen LogP contribution in [0.4, 0.5) is 5.69 Å². The van der Waals surface area contributed by atoms with E-state index < -0.39 is 5.97 Å². The Morgan fingerprint density at radius 3 is 2.90 bits per heavy atom. The molecule has 5 heteroatoms. The van der Waals surface area contributed by atoms with Gasteiger partial charge in [-0.25, -0.2) is 4.79 Å².